The molecular formula is C16H11F3N4O2S. The maximum absolute atomic E-state index is 12.6. The molecule has 1 aliphatic heterocycles. The van der Waals surface area contributed by atoms with Crippen LogP contribution in [0.25, 0.3) is 11.4 Å². The van der Waals surface area contributed by atoms with E-state index in [1.807, 2.05) is 0 Å². The molecule has 0 unspecified atom stereocenters. The molecule has 6 nitrogen and oxygen atoms in total. The highest BCUT2D eigenvalue weighted by Crippen LogP contribution is 2.30. The van der Waals surface area contributed by atoms with E-state index in [1.54, 1.807) is 6.92 Å². The molecule has 0 N–H and O–H groups in total. The molecule has 0 saturated carbocycles. The molecule has 0 aliphatic carbocycles. The van der Waals surface area contributed by atoms with Gasteiger partial charge >= 0.3 is 6.18 Å². The fraction of sp³-hybridized carbons (Fsp3) is 0.188. The van der Waals surface area contributed by atoms with Gasteiger partial charge in [0.05, 0.1) is 22.6 Å². The van der Waals surface area contributed by atoms with Crippen LogP contribution in [0.3, 0.4) is 0 Å². The zero-order valence-electron chi connectivity index (χ0n) is 13.4. The van der Waals surface area contributed by atoms with Crippen molar-refractivity contribution in [3.63, 3.8) is 0 Å². The van der Waals surface area contributed by atoms with E-state index in [0.717, 1.165) is 23.9 Å². The van der Waals surface area contributed by atoms with Crippen molar-refractivity contribution in [3.8, 4) is 11.4 Å². The molecule has 0 bridgehead atoms. The molecule has 1 amide bonds. The predicted molar refractivity (Wildman–Crippen MR) is 90.7 cm³/mol. The van der Waals surface area contributed by atoms with Crippen LogP contribution in [0.5, 0.6) is 0 Å². The normalized spacial score (nSPS) is 15.1. The fourth-order valence-corrected chi connectivity index (χ4v) is 2.69. The minimum Gasteiger partial charge on any atom is -0.338 e. The maximum atomic E-state index is 12.6. The standard InChI is InChI=1S/C16H11F3N4O2S/c1-8-9(2)20-15(22-14(8)24)26-7-12-21-13(23-25-12)10-3-5-11(6-4-10)16(17,18)19/h3-6H,1,7H2,2H3. The van der Waals surface area contributed by atoms with Gasteiger partial charge in [-0.15, -0.1) is 0 Å². The highest BCUT2D eigenvalue weighted by molar-refractivity contribution is 8.13. The van der Waals surface area contributed by atoms with E-state index < -0.39 is 17.6 Å². The Kier molecular flexibility index (Phi) is 4.77. The second-order valence-corrected chi connectivity index (χ2v) is 6.19. The van der Waals surface area contributed by atoms with Gasteiger partial charge in [0, 0.05) is 5.56 Å². The molecule has 0 spiro atoms. The summed E-state index contributed by atoms with van der Waals surface area (Å²) in [7, 11) is 0. The van der Waals surface area contributed by atoms with Crippen LogP contribution in [-0.2, 0) is 16.7 Å². The number of amidine groups is 1. The number of aliphatic imine (C=N–C) groups is 2. The average Bonchev–Trinajstić information content (AvgIpc) is 3.06. The van der Waals surface area contributed by atoms with Gasteiger partial charge in [0.15, 0.2) is 5.17 Å². The molecule has 0 saturated heterocycles. The van der Waals surface area contributed by atoms with E-state index >= 15 is 0 Å². The van der Waals surface area contributed by atoms with Gasteiger partial charge in [-0.3, -0.25) is 4.79 Å². The van der Waals surface area contributed by atoms with E-state index in [-0.39, 0.29) is 28.2 Å². The van der Waals surface area contributed by atoms with Crippen LogP contribution < -0.4 is 0 Å². The molecule has 26 heavy (non-hydrogen) atoms. The average molecular weight is 380 g/mol. The molecular weight excluding hydrogens is 369 g/mol. The summed E-state index contributed by atoms with van der Waals surface area (Å²) >= 11 is 1.13. The van der Waals surface area contributed by atoms with Crippen molar-refractivity contribution in [2.75, 3.05) is 0 Å². The van der Waals surface area contributed by atoms with Gasteiger partial charge in [-0.2, -0.15) is 23.1 Å². The lowest BCUT2D eigenvalue weighted by Gasteiger charge is -2.08. The zero-order valence-corrected chi connectivity index (χ0v) is 14.2. The molecule has 3 rings (SSSR count). The minimum absolute atomic E-state index is 0.170. The second kappa shape index (κ2) is 6.87. The third kappa shape index (κ3) is 3.90. The first kappa shape index (κ1) is 18.1. The Hall–Kier alpha value is -2.75. The summed E-state index contributed by atoms with van der Waals surface area (Å²) in [6.07, 6.45) is -4.40. The molecule has 2 aromatic rings. The lowest BCUT2D eigenvalue weighted by atomic mass is 10.1. The van der Waals surface area contributed by atoms with Crippen molar-refractivity contribution in [2.24, 2.45) is 9.98 Å². The SMILES string of the molecule is C=C1C(=O)N=C(SCc2nc(-c3ccc(C(F)(F)F)cc3)no2)N=C1C. The first-order valence-corrected chi connectivity index (χ1v) is 8.23. The molecule has 2 heterocycles. The van der Waals surface area contributed by atoms with Crippen LogP contribution in [0.2, 0.25) is 0 Å². The first-order chi connectivity index (χ1) is 12.2. The number of amides is 1. The molecule has 1 aromatic heterocycles. The smallest absolute Gasteiger partial charge is 0.338 e. The predicted octanol–water partition coefficient (Wildman–Crippen LogP) is 3.90. The summed E-state index contributed by atoms with van der Waals surface area (Å²) in [6, 6.07) is 4.45. The number of halogens is 3. The molecule has 0 radical (unpaired) electrons. The van der Waals surface area contributed by atoms with Crippen LogP contribution in [0.15, 0.2) is 50.9 Å². The summed E-state index contributed by atoms with van der Waals surface area (Å²) in [5.74, 6) is 0.167. The van der Waals surface area contributed by atoms with Gasteiger partial charge in [-0.25, -0.2) is 4.99 Å². The molecule has 1 aliphatic rings. The van der Waals surface area contributed by atoms with Crippen LogP contribution in [0, 0.1) is 0 Å². The summed E-state index contributed by atoms with van der Waals surface area (Å²) in [5, 5.41) is 4.01. The third-order valence-electron chi connectivity index (χ3n) is 3.42. The van der Waals surface area contributed by atoms with Crippen molar-refractivity contribution in [1.82, 2.24) is 10.1 Å². The molecule has 134 valence electrons. The largest absolute Gasteiger partial charge is 0.416 e. The lowest BCUT2D eigenvalue weighted by molar-refractivity contribution is -0.137. The summed E-state index contributed by atoms with van der Waals surface area (Å²) in [4.78, 5) is 23.6. The number of thioether (sulfide) groups is 1. The van der Waals surface area contributed by atoms with Crippen LogP contribution in [-0.4, -0.2) is 26.9 Å². The van der Waals surface area contributed by atoms with Gasteiger partial charge in [-0.05, 0) is 19.1 Å². The van der Waals surface area contributed by atoms with Gasteiger partial charge in [0.2, 0.25) is 11.7 Å². The van der Waals surface area contributed by atoms with Crippen LogP contribution in [0.1, 0.15) is 18.4 Å². The lowest BCUT2D eigenvalue weighted by Crippen LogP contribution is -2.15. The molecule has 0 atom stereocenters. The Morgan fingerprint density at radius 2 is 1.88 bits per heavy atom. The van der Waals surface area contributed by atoms with E-state index in [9.17, 15) is 18.0 Å². The van der Waals surface area contributed by atoms with Crippen LogP contribution in [0.4, 0.5) is 13.2 Å². The number of hydrogen-bond donors (Lipinski definition) is 0. The van der Waals surface area contributed by atoms with Gasteiger partial charge in [0.1, 0.15) is 0 Å². The quantitative estimate of drug-likeness (QED) is 0.755. The number of carbonyl (C=O) groups excluding carboxylic acids is 1. The van der Waals surface area contributed by atoms with Crippen molar-refractivity contribution in [1.29, 1.82) is 0 Å². The summed E-state index contributed by atoms with van der Waals surface area (Å²) in [5.41, 5.74) is 0.379. The number of rotatable bonds is 3. The van der Waals surface area contributed by atoms with E-state index in [1.165, 1.54) is 12.1 Å². The minimum atomic E-state index is -4.40. The van der Waals surface area contributed by atoms with Crippen molar-refractivity contribution >= 4 is 28.5 Å². The number of carbonyl (C=O) groups is 1. The van der Waals surface area contributed by atoms with Crippen molar-refractivity contribution in [3.05, 3.63) is 47.9 Å². The second-order valence-electron chi connectivity index (χ2n) is 5.25. The summed E-state index contributed by atoms with van der Waals surface area (Å²) < 4.78 is 42.8. The number of hydrogen-bond acceptors (Lipinski definition) is 6. The number of alkyl halides is 3. The van der Waals surface area contributed by atoms with Crippen molar-refractivity contribution in [2.45, 2.75) is 18.9 Å². The highest BCUT2D eigenvalue weighted by Gasteiger charge is 2.30. The third-order valence-corrected chi connectivity index (χ3v) is 4.25. The molecule has 0 fully saturated rings. The Morgan fingerprint density at radius 3 is 2.50 bits per heavy atom. The Balaban J connectivity index is 1.68. The van der Waals surface area contributed by atoms with Crippen molar-refractivity contribution < 1.29 is 22.5 Å². The number of aromatic nitrogens is 2. The highest BCUT2D eigenvalue weighted by atomic mass is 32.2. The van der Waals surface area contributed by atoms with E-state index in [2.05, 4.69) is 26.7 Å². The van der Waals surface area contributed by atoms with Gasteiger partial charge < -0.3 is 4.52 Å². The monoisotopic (exact) mass is 380 g/mol. The Morgan fingerprint density at radius 1 is 1.19 bits per heavy atom. The number of nitrogens with zero attached hydrogens (tertiary/aromatic N) is 4. The zero-order chi connectivity index (χ0) is 18.9. The van der Waals surface area contributed by atoms with Crippen LogP contribution >= 0.6 is 11.8 Å². The summed E-state index contributed by atoms with van der Waals surface area (Å²) in [6.45, 7) is 5.24. The molecule has 10 heteroatoms. The fourth-order valence-electron chi connectivity index (χ4n) is 1.97. The topological polar surface area (TPSA) is 80.7 Å². The maximum Gasteiger partial charge on any atom is 0.416 e. The number of benzene rings is 1. The molecule has 1 aromatic carbocycles. The van der Waals surface area contributed by atoms with Gasteiger partial charge in [0.25, 0.3) is 5.91 Å². The van der Waals surface area contributed by atoms with E-state index in [0.29, 0.717) is 11.3 Å². The van der Waals surface area contributed by atoms with Gasteiger partial charge in [-0.1, -0.05) is 35.6 Å². The first-order valence-electron chi connectivity index (χ1n) is 7.24. The Bertz CT molecular complexity index is 930. The van der Waals surface area contributed by atoms with E-state index in [4.69, 9.17) is 4.52 Å². The Labute approximate surface area is 149 Å².